The molecule has 0 unspecified atom stereocenters. The molecule has 1 aliphatic rings. The molecule has 1 saturated heterocycles. The number of ether oxygens (including phenoxy) is 1. The SMILES string of the molecule is CCc1cccc(CC)c1N1C[C@H](C(=O)OCC(=O)Nc2ccc(C)cc2)CC1=O. The summed E-state index contributed by atoms with van der Waals surface area (Å²) in [5.74, 6) is -1.58. The lowest BCUT2D eigenvalue weighted by molar-refractivity contribution is -0.151. The molecule has 0 radical (unpaired) electrons. The average molecular weight is 408 g/mol. The van der Waals surface area contributed by atoms with Crippen molar-refractivity contribution in [2.45, 2.75) is 40.0 Å². The van der Waals surface area contributed by atoms with E-state index >= 15 is 0 Å². The summed E-state index contributed by atoms with van der Waals surface area (Å²) < 4.78 is 5.20. The highest BCUT2D eigenvalue weighted by atomic mass is 16.5. The Hall–Kier alpha value is -3.15. The average Bonchev–Trinajstić information content (AvgIpc) is 3.14. The minimum Gasteiger partial charge on any atom is -0.455 e. The Morgan fingerprint density at radius 1 is 1.07 bits per heavy atom. The Balaban J connectivity index is 1.60. The highest BCUT2D eigenvalue weighted by Crippen LogP contribution is 2.32. The van der Waals surface area contributed by atoms with E-state index in [2.05, 4.69) is 19.2 Å². The lowest BCUT2D eigenvalue weighted by atomic mass is 10.0. The number of benzene rings is 2. The summed E-state index contributed by atoms with van der Waals surface area (Å²) in [6.45, 7) is 5.97. The third kappa shape index (κ3) is 4.87. The van der Waals surface area contributed by atoms with Crippen molar-refractivity contribution >= 4 is 29.2 Å². The summed E-state index contributed by atoms with van der Waals surface area (Å²) in [5.41, 5.74) is 4.83. The smallest absolute Gasteiger partial charge is 0.311 e. The number of nitrogens with one attached hydrogen (secondary N) is 1. The number of aryl methyl sites for hydroxylation is 3. The summed E-state index contributed by atoms with van der Waals surface area (Å²) in [6.07, 6.45) is 1.71. The zero-order chi connectivity index (χ0) is 21.7. The molecule has 2 aromatic carbocycles. The lowest BCUT2D eigenvalue weighted by Crippen LogP contribution is -2.29. The van der Waals surface area contributed by atoms with Gasteiger partial charge in [0.2, 0.25) is 5.91 Å². The highest BCUT2D eigenvalue weighted by molar-refractivity contribution is 6.01. The summed E-state index contributed by atoms with van der Waals surface area (Å²) in [6, 6.07) is 13.4. The second-order valence-electron chi connectivity index (χ2n) is 7.56. The molecule has 0 aliphatic carbocycles. The molecule has 2 amide bonds. The van der Waals surface area contributed by atoms with E-state index in [0.717, 1.165) is 35.2 Å². The third-order valence-corrected chi connectivity index (χ3v) is 5.37. The van der Waals surface area contributed by atoms with Crippen LogP contribution in [0.15, 0.2) is 42.5 Å². The molecule has 6 nitrogen and oxygen atoms in total. The second kappa shape index (κ2) is 9.57. The first-order valence-corrected chi connectivity index (χ1v) is 10.4. The van der Waals surface area contributed by atoms with Crippen LogP contribution in [0.25, 0.3) is 0 Å². The van der Waals surface area contributed by atoms with E-state index in [0.29, 0.717) is 5.69 Å². The van der Waals surface area contributed by atoms with Gasteiger partial charge in [-0.25, -0.2) is 0 Å². The first kappa shape index (κ1) is 21.6. The van der Waals surface area contributed by atoms with Gasteiger partial charge in [0.1, 0.15) is 0 Å². The molecule has 6 heteroatoms. The van der Waals surface area contributed by atoms with Crippen LogP contribution in [0.5, 0.6) is 0 Å². The van der Waals surface area contributed by atoms with Gasteiger partial charge in [-0.3, -0.25) is 14.4 Å². The highest BCUT2D eigenvalue weighted by Gasteiger charge is 2.37. The molecule has 1 N–H and O–H groups in total. The quantitative estimate of drug-likeness (QED) is 0.710. The van der Waals surface area contributed by atoms with E-state index in [1.807, 2.05) is 37.3 Å². The summed E-state index contributed by atoms with van der Waals surface area (Å²) in [4.78, 5) is 38.9. The number of carbonyl (C=O) groups excluding carboxylic acids is 3. The number of rotatable bonds is 7. The van der Waals surface area contributed by atoms with E-state index in [4.69, 9.17) is 4.74 Å². The van der Waals surface area contributed by atoms with Crippen LogP contribution in [0.1, 0.15) is 37.0 Å². The normalized spacial score (nSPS) is 15.9. The third-order valence-electron chi connectivity index (χ3n) is 5.37. The molecule has 0 spiro atoms. The van der Waals surface area contributed by atoms with Crippen molar-refractivity contribution in [1.29, 1.82) is 0 Å². The fraction of sp³-hybridized carbons (Fsp3) is 0.375. The minimum absolute atomic E-state index is 0.0864. The summed E-state index contributed by atoms with van der Waals surface area (Å²) in [5, 5.41) is 2.70. The monoisotopic (exact) mass is 408 g/mol. The van der Waals surface area contributed by atoms with Gasteiger partial charge in [-0.05, 0) is 43.0 Å². The Bertz CT molecular complexity index is 914. The van der Waals surface area contributed by atoms with Gasteiger partial charge in [-0.2, -0.15) is 0 Å². The van der Waals surface area contributed by atoms with Crippen molar-refractivity contribution in [3.63, 3.8) is 0 Å². The number of nitrogens with zero attached hydrogens (tertiary/aromatic N) is 1. The Kier molecular flexibility index (Phi) is 6.87. The predicted molar refractivity (Wildman–Crippen MR) is 116 cm³/mol. The minimum atomic E-state index is -0.570. The Morgan fingerprint density at radius 2 is 1.70 bits per heavy atom. The zero-order valence-corrected chi connectivity index (χ0v) is 17.7. The van der Waals surface area contributed by atoms with Crippen LogP contribution in [0.4, 0.5) is 11.4 Å². The molecule has 1 fully saturated rings. The van der Waals surface area contributed by atoms with E-state index in [1.165, 1.54) is 0 Å². The summed E-state index contributed by atoms with van der Waals surface area (Å²) in [7, 11) is 0. The van der Waals surface area contributed by atoms with Crippen molar-refractivity contribution in [1.82, 2.24) is 0 Å². The van der Waals surface area contributed by atoms with E-state index in [9.17, 15) is 14.4 Å². The van der Waals surface area contributed by atoms with Crippen molar-refractivity contribution in [2.75, 3.05) is 23.4 Å². The van der Waals surface area contributed by atoms with E-state index < -0.39 is 17.8 Å². The molecule has 0 aromatic heterocycles. The fourth-order valence-corrected chi connectivity index (χ4v) is 3.73. The number of hydrogen-bond acceptors (Lipinski definition) is 4. The molecular formula is C24H28N2O4. The van der Waals surface area contributed by atoms with Gasteiger partial charge >= 0.3 is 5.97 Å². The maximum absolute atomic E-state index is 12.7. The van der Waals surface area contributed by atoms with Crippen molar-refractivity contribution in [3.8, 4) is 0 Å². The maximum Gasteiger partial charge on any atom is 0.311 e. The van der Waals surface area contributed by atoms with Crippen LogP contribution >= 0.6 is 0 Å². The number of anilines is 2. The van der Waals surface area contributed by atoms with Gasteiger partial charge in [0.15, 0.2) is 6.61 Å². The van der Waals surface area contributed by atoms with E-state index in [1.54, 1.807) is 17.0 Å². The maximum atomic E-state index is 12.7. The number of hydrogen-bond donors (Lipinski definition) is 1. The molecule has 158 valence electrons. The van der Waals surface area contributed by atoms with Gasteiger partial charge < -0.3 is 15.0 Å². The van der Waals surface area contributed by atoms with Crippen molar-refractivity contribution in [3.05, 3.63) is 59.2 Å². The van der Waals surface area contributed by atoms with Crippen LogP contribution < -0.4 is 10.2 Å². The Morgan fingerprint density at radius 3 is 2.30 bits per heavy atom. The van der Waals surface area contributed by atoms with Gasteiger partial charge in [0, 0.05) is 24.3 Å². The number of para-hydroxylation sites is 1. The summed E-state index contributed by atoms with van der Waals surface area (Å²) >= 11 is 0. The van der Waals surface area contributed by atoms with E-state index in [-0.39, 0.29) is 25.5 Å². The first-order valence-electron chi connectivity index (χ1n) is 10.4. The van der Waals surface area contributed by atoms with Crippen molar-refractivity contribution < 1.29 is 19.1 Å². The van der Waals surface area contributed by atoms with Crippen LogP contribution in [0, 0.1) is 12.8 Å². The molecule has 1 atom stereocenters. The largest absolute Gasteiger partial charge is 0.455 e. The number of esters is 1. The molecule has 0 bridgehead atoms. The first-order chi connectivity index (χ1) is 14.4. The van der Waals surface area contributed by atoms with Crippen LogP contribution in [-0.2, 0) is 32.0 Å². The van der Waals surface area contributed by atoms with Crippen LogP contribution in [0.2, 0.25) is 0 Å². The lowest BCUT2D eigenvalue weighted by Gasteiger charge is -2.23. The van der Waals surface area contributed by atoms with Crippen LogP contribution in [0.3, 0.4) is 0 Å². The van der Waals surface area contributed by atoms with Gasteiger partial charge in [-0.1, -0.05) is 49.7 Å². The molecule has 2 aromatic rings. The van der Waals surface area contributed by atoms with Crippen molar-refractivity contribution in [2.24, 2.45) is 5.92 Å². The zero-order valence-electron chi connectivity index (χ0n) is 17.7. The van der Waals surface area contributed by atoms with Gasteiger partial charge in [-0.15, -0.1) is 0 Å². The Labute approximate surface area is 177 Å². The molecule has 1 aliphatic heterocycles. The van der Waals surface area contributed by atoms with Gasteiger partial charge in [0.25, 0.3) is 5.91 Å². The molecule has 0 saturated carbocycles. The standard InChI is InChI=1S/C24H28N2O4/c1-4-17-7-6-8-18(5-2)23(17)26-14-19(13-22(26)28)24(29)30-15-21(27)25-20-11-9-16(3)10-12-20/h6-12,19H,4-5,13-15H2,1-3H3,(H,25,27)/t19-/m1/s1. The number of amides is 2. The second-order valence-corrected chi connectivity index (χ2v) is 7.56. The van der Waals surface area contributed by atoms with Gasteiger partial charge in [0.05, 0.1) is 5.92 Å². The van der Waals surface area contributed by atoms with Crippen LogP contribution in [-0.4, -0.2) is 30.9 Å². The fourth-order valence-electron chi connectivity index (χ4n) is 3.73. The molecule has 1 heterocycles. The molecule has 30 heavy (non-hydrogen) atoms. The molecular weight excluding hydrogens is 380 g/mol. The molecule has 3 rings (SSSR count). The predicted octanol–water partition coefficient (Wildman–Crippen LogP) is 3.65. The number of carbonyl (C=O) groups is 3. The topological polar surface area (TPSA) is 75.7 Å².